The molecule has 0 saturated heterocycles. The van der Waals surface area contributed by atoms with Gasteiger partial charge in [-0.3, -0.25) is 0 Å². The normalized spacial score (nSPS) is 11.0. The van der Waals surface area contributed by atoms with Gasteiger partial charge in [-0.15, -0.1) is 25.7 Å². The van der Waals surface area contributed by atoms with Gasteiger partial charge in [0.2, 0.25) is 0 Å². The zero-order chi connectivity index (χ0) is 48.7. The van der Waals surface area contributed by atoms with Gasteiger partial charge in [0.05, 0.1) is 0 Å². The van der Waals surface area contributed by atoms with Gasteiger partial charge in [-0.05, 0) is 170 Å². The van der Waals surface area contributed by atoms with E-state index in [4.69, 9.17) is 25.7 Å². The van der Waals surface area contributed by atoms with Gasteiger partial charge in [0.15, 0.2) is 0 Å². The molecule has 72 heavy (non-hydrogen) atoms. The molecule has 0 N–H and O–H groups in total. The molecule has 12 rings (SSSR count). The average molecular weight is 907 g/mol. The second-order valence-electron chi connectivity index (χ2n) is 18.1. The van der Waals surface area contributed by atoms with Crippen LogP contribution in [0.5, 0.6) is 0 Å². The summed E-state index contributed by atoms with van der Waals surface area (Å²) in [6, 6.07) is 82.3. The van der Waals surface area contributed by atoms with Crippen LogP contribution in [-0.4, -0.2) is 0 Å². The molecule has 330 valence electrons. The molecule has 0 saturated carbocycles. The van der Waals surface area contributed by atoms with Crippen LogP contribution in [0, 0.1) is 49.4 Å². The predicted octanol–water partition coefficient (Wildman–Crippen LogP) is 17.8. The number of hydrogen-bond acceptors (Lipinski definition) is 0. The first-order valence-corrected chi connectivity index (χ1v) is 24.0. The Morgan fingerprint density at radius 2 is 0.583 bits per heavy atom. The lowest BCUT2D eigenvalue weighted by Crippen LogP contribution is -1.96. The van der Waals surface area contributed by atoms with Crippen molar-refractivity contribution < 1.29 is 0 Å². The molecule has 0 nitrogen and oxygen atoms in total. The molecule has 0 spiro atoms. The Bertz CT molecular complexity index is 4200. The van der Waals surface area contributed by atoms with Crippen molar-refractivity contribution in [2.24, 2.45) is 0 Å². The van der Waals surface area contributed by atoms with E-state index >= 15 is 0 Å². The van der Waals surface area contributed by atoms with Crippen molar-refractivity contribution in [1.29, 1.82) is 0 Å². The van der Waals surface area contributed by atoms with Crippen LogP contribution in [0.4, 0.5) is 0 Å². The van der Waals surface area contributed by atoms with Crippen molar-refractivity contribution in [3.8, 4) is 138 Å². The van der Waals surface area contributed by atoms with Crippen LogP contribution >= 0.6 is 0 Å². The molecule has 0 unspecified atom stereocenters. The summed E-state index contributed by atoms with van der Waals surface area (Å²) >= 11 is 0. The van der Waals surface area contributed by atoms with Gasteiger partial charge in [-0.25, -0.2) is 0 Å². The minimum Gasteiger partial charge on any atom is -0.115 e. The second kappa shape index (κ2) is 18.1. The molecule has 0 radical (unpaired) electrons. The lowest BCUT2D eigenvalue weighted by atomic mass is 9.81. The van der Waals surface area contributed by atoms with Crippen molar-refractivity contribution in [1.82, 2.24) is 0 Å². The van der Waals surface area contributed by atoms with Crippen LogP contribution in [0.25, 0.3) is 121 Å². The van der Waals surface area contributed by atoms with E-state index < -0.39 is 0 Å². The minimum absolute atomic E-state index is 0.639. The quantitative estimate of drug-likeness (QED) is 0.105. The Kier molecular flexibility index (Phi) is 10.9. The fourth-order valence-electron chi connectivity index (χ4n) is 10.8. The maximum Gasteiger partial charge on any atom is 0.0477 e. The zero-order valence-corrected chi connectivity index (χ0v) is 39.2. The van der Waals surface area contributed by atoms with Crippen molar-refractivity contribution in [2.75, 3.05) is 0 Å². The fraction of sp³-hybridized carbons (Fsp3) is 0. The second-order valence-corrected chi connectivity index (χ2v) is 18.1. The summed E-state index contributed by atoms with van der Waals surface area (Å²) in [6.45, 7) is 0. The highest BCUT2D eigenvalue weighted by Gasteiger charge is 2.23. The van der Waals surface area contributed by atoms with Crippen LogP contribution in [0.15, 0.2) is 231 Å². The number of hydrogen-bond donors (Lipinski definition) is 0. The van der Waals surface area contributed by atoms with E-state index in [1.54, 1.807) is 0 Å². The van der Waals surface area contributed by atoms with Crippen molar-refractivity contribution in [3.63, 3.8) is 0 Å². The topological polar surface area (TPSA) is 0 Å². The van der Waals surface area contributed by atoms with E-state index in [0.717, 1.165) is 61.2 Å². The molecule has 0 heterocycles. The molecule has 12 aromatic carbocycles. The van der Waals surface area contributed by atoms with Gasteiger partial charge < -0.3 is 0 Å². The highest BCUT2D eigenvalue weighted by molar-refractivity contribution is 6.32. The summed E-state index contributed by atoms with van der Waals surface area (Å²) in [5.74, 6) is 11.5. The molecule has 0 atom stereocenters. The lowest BCUT2D eigenvalue weighted by molar-refractivity contribution is 1.51. The van der Waals surface area contributed by atoms with Crippen LogP contribution in [0.2, 0.25) is 0 Å². The number of terminal acetylenes is 4. The molecule has 12 aromatic rings. The van der Waals surface area contributed by atoms with Crippen LogP contribution in [0.1, 0.15) is 22.3 Å². The Balaban J connectivity index is 1.18. The fourth-order valence-corrected chi connectivity index (χ4v) is 10.8. The van der Waals surface area contributed by atoms with Gasteiger partial charge in [-0.2, -0.15) is 0 Å². The third-order valence-corrected chi connectivity index (χ3v) is 14.2. The molecule has 0 fully saturated rings. The summed E-state index contributed by atoms with van der Waals surface area (Å²) in [7, 11) is 0. The Hall–Kier alpha value is -10.1. The molecule has 0 aliphatic rings. The smallest absolute Gasteiger partial charge is 0.0477 e. The van der Waals surface area contributed by atoms with Gasteiger partial charge in [0.25, 0.3) is 0 Å². The average Bonchev–Trinajstić information content (AvgIpc) is 3.46. The molecule has 0 aliphatic carbocycles. The highest BCUT2D eigenvalue weighted by atomic mass is 14.3. The first-order chi connectivity index (χ1) is 35.5. The zero-order valence-electron chi connectivity index (χ0n) is 39.2. The summed E-state index contributed by atoms with van der Waals surface area (Å²) in [5.41, 5.74) is 19.6. The summed E-state index contributed by atoms with van der Waals surface area (Å²) in [4.78, 5) is 0. The third kappa shape index (κ3) is 7.29. The lowest BCUT2D eigenvalue weighted by Gasteiger charge is -2.22. The predicted molar refractivity (Wildman–Crippen MR) is 305 cm³/mol. The highest BCUT2D eigenvalue weighted by Crippen LogP contribution is 2.50. The summed E-state index contributed by atoms with van der Waals surface area (Å²) in [6.07, 6.45) is 24.6. The van der Waals surface area contributed by atoms with Crippen molar-refractivity contribution >= 4 is 32.3 Å². The first kappa shape index (κ1) is 43.2. The Morgan fingerprint density at radius 1 is 0.208 bits per heavy atom. The standard InChI is InChI=1S/C72H42/c1-5-47-31-21-33-59(57(47)7-3)61-36-35-53(44-70(61)60-34-22-32-48(6-2)58(60)8-4)55-41-54(49-23-13-9-14-24-49)42-56(43-55)69-46-68(52-29-19-12-20-30-52)64-38-37-62-66(50-25-15-10-16-26-50)45-67(51-27-17-11-18-28-51)63-39-40-65(69)72(64)71(62)63/h1-4,9-46H. The van der Waals surface area contributed by atoms with Gasteiger partial charge in [0, 0.05) is 22.3 Å². The SMILES string of the molecule is C#Cc1cccc(-c2ccc(-c3cc(-c4ccccc4)cc(-c4cc(-c5ccccc5)c5ccc6c(-c7ccccc7)cc(-c7ccccc7)c7ccc4c5c67)c3)cc2-c2cccc(C#C)c2C#C)c1C#C. The molecule has 0 aromatic heterocycles. The van der Waals surface area contributed by atoms with E-state index in [-0.39, 0.29) is 0 Å². The van der Waals surface area contributed by atoms with E-state index in [1.807, 2.05) is 36.4 Å². The van der Waals surface area contributed by atoms with E-state index in [2.05, 4.69) is 218 Å². The van der Waals surface area contributed by atoms with E-state index in [1.165, 1.54) is 60.1 Å². The molecule has 0 amide bonds. The van der Waals surface area contributed by atoms with Gasteiger partial charge >= 0.3 is 0 Å². The maximum absolute atomic E-state index is 6.30. The van der Waals surface area contributed by atoms with Gasteiger partial charge in [0.1, 0.15) is 0 Å². The number of rotatable bonds is 8. The molecule has 0 heteroatoms. The van der Waals surface area contributed by atoms with Gasteiger partial charge in [-0.1, -0.05) is 206 Å². The van der Waals surface area contributed by atoms with Crippen LogP contribution in [0.3, 0.4) is 0 Å². The number of benzene rings is 12. The summed E-state index contributed by atoms with van der Waals surface area (Å²) < 4.78 is 0. The first-order valence-electron chi connectivity index (χ1n) is 24.0. The van der Waals surface area contributed by atoms with Crippen LogP contribution < -0.4 is 0 Å². The maximum atomic E-state index is 6.30. The summed E-state index contributed by atoms with van der Waals surface area (Å²) in [5, 5.41) is 7.32. The van der Waals surface area contributed by atoms with Crippen molar-refractivity contribution in [2.45, 2.75) is 0 Å². The van der Waals surface area contributed by atoms with E-state index in [9.17, 15) is 0 Å². The molecular formula is C72H42. The minimum atomic E-state index is 0.639. The molecule has 0 bridgehead atoms. The monoisotopic (exact) mass is 906 g/mol. The molecular weight excluding hydrogens is 865 g/mol. The Labute approximate surface area is 421 Å². The largest absolute Gasteiger partial charge is 0.115 e. The van der Waals surface area contributed by atoms with E-state index in [0.29, 0.717) is 22.3 Å². The van der Waals surface area contributed by atoms with Crippen molar-refractivity contribution in [3.05, 3.63) is 253 Å². The Morgan fingerprint density at radius 3 is 1.00 bits per heavy atom. The molecule has 0 aliphatic heterocycles. The third-order valence-electron chi connectivity index (χ3n) is 14.2. The van der Waals surface area contributed by atoms with Crippen LogP contribution in [-0.2, 0) is 0 Å².